The third-order valence-corrected chi connectivity index (χ3v) is 6.60. The highest BCUT2D eigenvalue weighted by Crippen LogP contribution is 2.39. The van der Waals surface area contributed by atoms with Gasteiger partial charge in [0.05, 0.1) is 6.04 Å². The Kier molecular flexibility index (Phi) is 6.79. The molecule has 1 aliphatic carbocycles. The van der Waals surface area contributed by atoms with E-state index in [0.717, 1.165) is 25.8 Å². The Balaban J connectivity index is 0.00000210. The molecule has 1 saturated carbocycles. The summed E-state index contributed by atoms with van der Waals surface area (Å²) in [7, 11) is 0. The maximum Gasteiger partial charge on any atom is 0.157 e. The Hall–Kier alpha value is -1.14. The molecule has 6 heteroatoms. The van der Waals surface area contributed by atoms with Crippen molar-refractivity contribution in [2.75, 3.05) is 13.1 Å². The van der Waals surface area contributed by atoms with E-state index >= 15 is 0 Å². The first-order valence-corrected chi connectivity index (χ1v) is 10.5. The summed E-state index contributed by atoms with van der Waals surface area (Å²) in [5.74, 6) is -0.0236. The first-order valence-electron chi connectivity index (χ1n) is 9.07. The first-order chi connectivity index (χ1) is 12.6. The van der Waals surface area contributed by atoms with Gasteiger partial charge in [0.1, 0.15) is 5.82 Å². The number of ketones is 1. The van der Waals surface area contributed by atoms with Gasteiger partial charge < -0.3 is 0 Å². The van der Waals surface area contributed by atoms with Crippen LogP contribution in [0.3, 0.4) is 0 Å². The lowest BCUT2D eigenvalue weighted by atomic mass is 9.93. The predicted octanol–water partition coefficient (Wildman–Crippen LogP) is 5.42. The maximum absolute atomic E-state index is 14.5. The van der Waals surface area contributed by atoms with Crippen molar-refractivity contribution in [3.05, 3.63) is 63.6 Å². The van der Waals surface area contributed by atoms with Crippen molar-refractivity contribution in [2.45, 2.75) is 30.6 Å². The van der Waals surface area contributed by atoms with E-state index < -0.39 is 6.04 Å². The summed E-state index contributed by atoms with van der Waals surface area (Å²) in [4.78, 5) is 16.4. The van der Waals surface area contributed by atoms with Crippen molar-refractivity contribution in [1.29, 1.82) is 0 Å². The lowest BCUT2D eigenvalue weighted by Gasteiger charge is -2.37. The van der Waals surface area contributed by atoms with Gasteiger partial charge in [0, 0.05) is 34.7 Å². The molecule has 1 aliphatic heterocycles. The van der Waals surface area contributed by atoms with Crippen LogP contribution >= 0.6 is 36.4 Å². The normalized spacial score (nSPS) is 23.0. The summed E-state index contributed by atoms with van der Waals surface area (Å²) < 4.78 is 14.5. The van der Waals surface area contributed by atoms with E-state index in [4.69, 9.17) is 12.6 Å². The topological polar surface area (TPSA) is 20.3 Å². The van der Waals surface area contributed by atoms with Gasteiger partial charge in [-0.3, -0.25) is 9.69 Å². The summed E-state index contributed by atoms with van der Waals surface area (Å²) in [6.07, 6.45) is 4.91. The smallest absolute Gasteiger partial charge is 0.157 e. The number of benzene rings is 1. The van der Waals surface area contributed by atoms with Crippen LogP contribution in [0.25, 0.3) is 6.08 Å². The van der Waals surface area contributed by atoms with Crippen molar-refractivity contribution in [2.24, 2.45) is 5.92 Å². The zero-order valence-corrected chi connectivity index (χ0v) is 17.4. The average Bonchev–Trinajstić information content (AvgIpc) is 3.37. The van der Waals surface area contributed by atoms with E-state index in [2.05, 4.69) is 22.4 Å². The molecule has 0 spiro atoms. The van der Waals surface area contributed by atoms with E-state index in [1.165, 1.54) is 16.5 Å². The van der Waals surface area contributed by atoms with E-state index in [0.29, 0.717) is 12.1 Å². The lowest BCUT2D eigenvalue weighted by Crippen LogP contribution is -2.42. The minimum Gasteiger partial charge on any atom is -0.297 e. The molecule has 4 rings (SSSR count). The Morgan fingerprint density at radius 2 is 2.00 bits per heavy atom. The number of carbonyl (C=O) groups is 1. The van der Waals surface area contributed by atoms with Gasteiger partial charge in [0.2, 0.25) is 0 Å². The number of rotatable bonds is 5. The number of hydrogen-bond donors (Lipinski definition) is 1. The molecule has 1 saturated heterocycles. The third kappa shape index (κ3) is 4.65. The van der Waals surface area contributed by atoms with Crippen LogP contribution in [0.2, 0.25) is 0 Å². The van der Waals surface area contributed by atoms with E-state index in [-0.39, 0.29) is 35.2 Å². The summed E-state index contributed by atoms with van der Waals surface area (Å²) in [5.41, 5.74) is 1.71. The van der Waals surface area contributed by atoms with Crippen molar-refractivity contribution < 1.29 is 9.18 Å². The number of thiophene rings is 1. The van der Waals surface area contributed by atoms with Gasteiger partial charge in [-0.2, -0.15) is 12.6 Å². The molecule has 0 bridgehead atoms. The number of halogens is 2. The van der Waals surface area contributed by atoms with Crippen molar-refractivity contribution in [3.63, 3.8) is 0 Å². The predicted molar refractivity (Wildman–Crippen MR) is 115 cm³/mol. The van der Waals surface area contributed by atoms with Gasteiger partial charge >= 0.3 is 0 Å². The molecule has 0 N–H and O–H groups in total. The summed E-state index contributed by atoms with van der Waals surface area (Å²) in [5, 5.41) is 2.24. The van der Waals surface area contributed by atoms with E-state index in [9.17, 15) is 9.18 Å². The Morgan fingerprint density at radius 3 is 2.67 bits per heavy atom. The fourth-order valence-corrected chi connectivity index (χ4v) is 4.59. The van der Waals surface area contributed by atoms with Crippen LogP contribution in [0.5, 0.6) is 0 Å². The summed E-state index contributed by atoms with van der Waals surface area (Å²) >= 11 is 6.43. The molecule has 0 amide bonds. The minimum absolute atomic E-state index is 0. The highest BCUT2D eigenvalue weighted by atomic mass is 35.5. The van der Waals surface area contributed by atoms with Gasteiger partial charge in [-0.05, 0) is 48.4 Å². The van der Waals surface area contributed by atoms with E-state index in [1.807, 2.05) is 12.1 Å². The molecule has 2 atom stereocenters. The molecule has 2 nitrogen and oxygen atoms in total. The molecule has 2 aliphatic rings. The van der Waals surface area contributed by atoms with Crippen molar-refractivity contribution >= 4 is 48.2 Å². The lowest BCUT2D eigenvalue weighted by molar-refractivity contribution is -0.126. The zero-order valence-electron chi connectivity index (χ0n) is 14.9. The molecule has 144 valence electrons. The summed E-state index contributed by atoms with van der Waals surface area (Å²) in [6.45, 7) is 1.41. The average molecular weight is 424 g/mol. The van der Waals surface area contributed by atoms with Crippen molar-refractivity contribution in [1.82, 2.24) is 4.90 Å². The number of likely N-dealkylation sites (tertiary alicyclic amines) is 1. The second kappa shape index (κ2) is 8.91. The monoisotopic (exact) mass is 423 g/mol. The quantitative estimate of drug-likeness (QED) is 0.648. The van der Waals surface area contributed by atoms with Crippen LogP contribution in [0.1, 0.15) is 35.7 Å². The molecular weight excluding hydrogens is 401 g/mol. The molecule has 1 aromatic carbocycles. The molecule has 2 unspecified atom stereocenters. The minimum atomic E-state index is -0.490. The van der Waals surface area contributed by atoms with Gasteiger partial charge in [-0.25, -0.2) is 4.39 Å². The largest absolute Gasteiger partial charge is 0.297 e. The van der Waals surface area contributed by atoms with Gasteiger partial charge in [-0.1, -0.05) is 24.3 Å². The Bertz CT molecular complexity index is 819. The first kappa shape index (κ1) is 20.6. The number of carbonyl (C=O) groups excluding carboxylic acids is 1. The molecular formula is C21H23ClFNOS2. The van der Waals surface area contributed by atoms with Gasteiger partial charge in [0.25, 0.3) is 0 Å². The van der Waals surface area contributed by atoms with Crippen LogP contribution in [0.15, 0.2) is 47.4 Å². The molecule has 27 heavy (non-hydrogen) atoms. The number of Topliss-reactive ketones (excluding diaryl/α,β-unsaturated/α-hetero) is 1. The van der Waals surface area contributed by atoms with Gasteiger partial charge in [-0.15, -0.1) is 23.7 Å². The number of piperidine rings is 1. The third-order valence-electron chi connectivity index (χ3n) is 5.19. The highest BCUT2D eigenvalue weighted by Gasteiger charge is 2.40. The fraction of sp³-hybridized carbons (Fsp3) is 0.381. The Labute approximate surface area is 175 Å². The zero-order chi connectivity index (χ0) is 18.1. The molecule has 1 aromatic heterocycles. The second-order valence-electron chi connectivity index (χ2n) is 7.11. The molecule has 2 fully saturated rings. The standard InChI is InChI=1S/C21H22FNOS2.ClH/c22-18-6-2-1-5-17(18)20(21(24)14-7-8-14)23-10-9-19(25)15(13-23)12-16-4-3-11-26-16;/h1-6,11-12,14,19-20,25H,7-10,13H2;1H/b15-12+;. The SMILES string of the molecule is Cl.O=C(C1CC1)C(c1ccccc1F)N1CCC(S)/C(=C/c2cccs2)C1. The number of nitrogens with zero attached hydrogens (tertiary/aromatic N) is 1. The molecule has 2 aromatic rings. The van der Waals surface area contributed by atoms with Gasteiger partial charge in [0.15, 0.2) is 5.78 Å². The van der Waals surface area contributed by atoms with Crippen LogP contribution in [-0.4, -0.2) is 29.0 Å². The van der Waals surface area contributed by atoms with Crippen molar-refractivity contribution in [3.8, 4) is 0 Å². The van der Waals surface area contributed by atoms with Crippen LogP contribution < -0.4 is 0 Å². The maximum atomic E-state index is 14.5. The van der Waals surface area contributed by atoms with Crippen LogP contribution in [0, 0.1) is 11.7 Å². The Morgan fingerprint density at radius 1 is 1.22 bits per heavy atom. The highest BCUT2D eigenvalue weighted by molar-refractivity contribution is 7.81. The number of thiol groups is 1. The second-order valence-corrected chi connectivity index (χ2v) is 8.71. The summed E-state index contributed by atoms with van der Waals surface area (Å²) in [6, 6.07) is 10.3. The van der Waals surface area contributed by atoms with E-state index in [1.54, 1.807) is 23.5 Å². The molecule has 2 heterocycles. The van der Waals surface area contributed by atoms with Crippen LogP contribution in [0.4, 0.5) is 4.39 Å². The number of hydrogen-bond acceptors (Lipinski definition) is 4. The van der Waals surface area contributed by atoms with Crippen LogP contribution in [-0.2, 0) is 4.79 Å². The fourth-order valence-electron chi connectivity index (χ4n) is 3.63. The molecule has 0 radical (unpaired) electrons.